The molecule has 0 aliphatic heterocycles. The maximum absolute atomic E-state index is 12.7. The van der Waals surface area contributed by atoms with E-state index in [0.29, 0.717) is 18.4 Å². The van der Waals surface area contributed by atoms with E-state index in [0.717, 1.165) is 48.9 Å². The van der Waals surface area contributed by atoms with Crippen LogP contribution in [0.2, 0.25) is 15.1 Å². The highest BCUT2D eigenvalue weighted by molar-refractivity contribution is 7.89. The minimum atomic E-state index is -3.78. The molecule has 1 heterocycles. The maximum atomic E-state index is 12.7. The van der Waals surface area contributed by atoms with Crippen molar-refractivity contribution in [3.63, 3.8) is 0 Å². The SMILES string of the molecule is CN(C)c1nc(NCC2CCC(CNS(=O)(=O)c3ccc(Cl)c(Cl)c3Cl)CC2)nc2ccccc12. The zero-order chi connectivity index (χ0) is 25.2. The summed E-state index contributed by atoms with van der Waals surface area (Å²) in [5, 5.41) is 4.63. The predicted octanol–water partition coefficient (Wildman–Crippen LogP) is 5.85. The number of halogens is 3. The number of hydrogen-bond donors (Lipinski definition) is 2. The van der Waals surface area contributed by atoms with Crippen molar-refractivity contribution in [3.05, 3.63) is 51.5 Å². The summed E-state index contributed by atoms with van der Waals surface area (Å²) in [6.07, 6.45) is 3.87. The van der Waals surface area contributed by atoms with Gasteiger partial charge in [-0.3, -0.25) is 0 Å². The summed E-state index contributed by atoms with van der Waals surface area (Å²) in [4.78, 5) is 11.3. The van der Waals surface area contributed by atoms with Crippen molar-refractivity contribution in [1.82, 2.24) is 14.7 Å². The summed E-state index contributed by atoms with van der Waals surface area (Å²) >= 11 is 18.0. The smallest absolute Gasteiger partial charge is 0.242 e. The summed E-state index contributed by atoms with van der Waals surface area (Å²) in [6, 6.07) is 10.8. The Morgan fingerprint density at radius 3 is 2.26 bits per heavy atom. The van der Waals surface area contributed by atoms with E-state index in [1.165, 1.54) is 12.1 Å². The topological polar surface area (TPSA) is 87.2 Å². The molecule has 2 N–H and O–H groups in total. The first-order valence-electron chi connectivity index (χ1n) is 11.5. The lowest BCUT2D eigenvalue weighted by atomic mass is 9.82. The number of benzene rings is 2. The molecule has 1 aliphatic carbocycles. The van der Waals surface area contributed by atoms with Crippen molar-refractivity contribution in [2.75, 3.05) is 37.4 Å². The Morgan fingerprint density at radius 1 is 0.914 bits per heavy atom. The number of fused-ring (bicyclic) bond motifs is 1. The van der Waals surface area contributed by atoms with Gasteiger partial charge in [0, 0.05) is 32.6 Å². The number of sulfonamides is 1. The van der Waals surface area contributed by atoms with Gasteiger partial charge in [0.05, 0.1) is 20.6 Å². The lowest BCUT2D eigenvalue weighted by Gasteiger charge is -2.29. The Hall–Kier alpha value is -1.84. The van der Waals surface area contributed by atoms with E-state index in [9.17, 15) is 8.42 Å². The van der Waals surface area contributed by atoms with Gasteiger partial charge in [-0.05, 0) is 61.8 Å². The van der Waals surface area contributed by atoms with Crippen molar-refractivity contribution >= 4 is 67.5 Å². The van der Waals surface area contributed by atoms with Crippen molar-refractivity contribution in [1.29, 1.82) is 0 Å². The molecule has 3 aromatic rings. The first-order valence-corrected chi connectivity index (χ1v) is 14.1. The van der Waals surface area contributed by atoms with Gasteiger partial charge in [-0.2, -0.15) is 4.98 Å². The second-order valence-electron chi connectivity index (χ2n) is 9.08. The number of nitrogens with zero attached hydrogens (tertiary/aromatic N) is 3. The van der Waals surface area contributed by atoms with Crippen LogP contribution in [0, 0.1) is 11.8 Å². The monoisotopic (exact) mass is 555 g/mol. The Bertz CT molecular complexity index is 1310. The second-order valence-corrected chi connectivity index (χ2v) is 12.0. The molecule has 4 rings (SSSR count). The van der Waals surface area contributed by atoms with Gasteiger partial charge in [0.1, 0.15) is 10.7 Å². The van der Waals surface area contributed by atoms with Gasteiger partial charge in [-0.25, -0.2) is 18.1 Å². The van der Waals surface area contributed by atoms with E-state index in [-0.39, 0.29) is 25.9 Å². The van der Waals surface area contributed by atoms with E-state index in [4.69, 9.17) is 39.8 Å². The summed E-state index contributed by atoms with van der Waals surface area (Å²) in [7, 11) is 0.175. The zero-order valence-electron chi connectivity index (χ0n) is 19.6. The van der Waals surface area contributed by atoms with Crippen LogP contribution in [0.5, 0.6) is 0 Å². The van der Waals surface area contributed by atoms with E-state index in [1.54, 1.807) is 0 Å². The third-order valence-electron chi connectivity index (χ3n) is 6.37. The third-order valence-corrected chi connectivity index (χ3v) is 9.24. The molecule has 1 fully saturated rings. The molecule has 0 amide bonds. The van der Waals surface area contributed by atoms with Crippen molar-refractivity contribution in [2.45, 2.75) is 30.6 Å². The highest BCUT2D eigenvalue weighted by Gasteiger charge is 2.25. The molecule has 1 saturated carbocycles. The van der Waals surface area contributed by atoms with Crippen LogP contribution in [0.3, 0.4) is 0 Å². The predicted molar refractivity (Wildman–Crippen MR) is 144 cm³/mol. The van der Waals surface area contributed by atoms with E-state index >= 15 is 0 Å². The fourth-order valence-electron chi connectivity index (χ4n) is 4.38. The van der Waals surface area contributed by atoms with Gasteiger partial charge >= 0.3 is 0 Å². The molecule has 0 atom stereocenters. The quantitative estimate of drug-likeness (QED) is 0.338. The number of hydrogen-bond acceptors (Lipinski definition) is 6. The minimum Gasteiger partial charge on any atom is -0.362 e. The Labute approximate surface area is 221 Å². The molecule has 0 saturated heterocycles. The lowest BCUT2D eigenvalue weighted by Crippen LogP contribution is -2.32. The van der Waals surface area contributed by atoms with E-state index in [2.05, 4.69) is 15.0 Å². The number of anilines is 2. The van der Waals surface area contributed by atoms with Crippen LogP contribution in [-0.4, -0.2) is 45.6 Å². The largest absolute Gasteiger partial charge is 0.362 e. The molecule has 1 aliphatic rings. The molecule has 11 heteroatoms. The van der Waals surface area contributed by atoms with E-state index in [1.807, 2.05) is 43.3 Å². The van der Waals surface area contributed by atoms with E-state index < -0.39 is 10.0 Å². The highest BCUT2D eigenvalue weighted by Crippen LogP contribution is 2.35. The molecular formula is C24H28Cl3N5O2S. The lowest BCUT2D eigenvalue weighted by molar-refractivity contribution is 0.284. The van der Waals surface area contributed by atoms with Gasteiger partial charge in [0.2, 0.25) is 16.0 Å². The van der Waals surface area contributed by atoms with Crippen LogP contribution < -0.4 is 14.9 Å². The molecule has 35 heavy (non-hydrogen) atoms. The number of para-hydroxylation sites is 1. The average molecular weight is 557 g/mol. The van der Waals surface area contributed by atoms with Crippen molar-refractivity contribution < 1.29 is 8.42 Å². The second kappa shape index (κ2) is 11.0. The molecule has 188 valence electrons. The minimum absolute atomic E-state index is 0.0392. The first-order chi connectivity index (χ1) is 16.7. The van der Waals surface area contributed by atoms with Gasteiger partial charge in [-0.15, -0.1) is 0 Å². The number of aromatic nitrogens is 2. The molecule has 7 nitrogen and oxygen atoms in total. The van der Waals surface area contributed by atoms with Crippen molar-refractivity contribution in [2.24, 2.45) is 11.8 Å². The Balaban J connectivity index is 1.30. The maximum Gasteiger partial charge on any atom is 0.242 e. The fraction of sp³-hybridized carbons (Fsp3) is 0.417. The van der Waals surface area contributed by atoms with Crippen LogP contribution >= 0.6 is 34.8 Å². The van der Waals surface area contributed by atoms with Gasteiger partial charge in [-0.1, -0.05) is 46.9 Å². The van der Waals surface area contributed by atoms with Crippen LogP contribution in [-0.2, 0) is 10.0 Å². The fourth-order valence-corrected chi connectivity index (χ4v) is 6.47. The molecular weight excluding hydrogens is 529 g/mol. The molecule has 1 aromatic heterocycles. The number of nitrogens with one attached hydrogen (secondary N) is 2. The molecule has 0 radical (unpaired) electrons. The molecule has 0 bridgehead atoms. The standard InChI is InChI=1S/C24H28Cl3N5O2S/c1-32(2)23-17-5-3-4-6-19(17)30-24(31-23)28-13-15-7-9-16(10-8-15)14-29-35(33,34)20-12-11-18(25)21(26)22(20)27/h3-6,11-12,15-16,29H,7-10,13-14H2,1-2H3,(H,28,30,31). The number of rotatable bonds is 8. The Kier molecular flexibility index (Phi) is 8.28. The van der Waals surface area contributed by atoms with Crippen LogP contribution in [0.1, 0.15) is 25.7 Å². The van der Waals surface area contributed by atoms with Gasteiger partial charge in [0.25, 0.3) is 0 Å². The molecule has 0 unspecified atom stereocenters. The summed E-state index contributed by atoms with van der Waals surface area (Å²) < 4.78 is 28.1. The summed E-state index contributed by atoms with van der Waals surface area (Å²) in [5.74, 6) is 2.25. The van der Waals surface area contributed by atoms with Crippen LogP contribution in [0.15, 0.2) is 41.3 Å². The normalized spacial score (nSPS) is 18.5. The first kappa shape index (κ1) is 26.2. The van der Waals surface area contributed by atoms with Gasteiger partial charge < -0.3 is 10.2 Å². The molecule has 0 spiro atoms. The third kappa shape index (κ3) is 6.12. The van der Waals surface area contributed by atoms with Crippen molar-refractivity contribution in [3.8, 4) is 0 Å². The Morgan fingerprint density at radius 2 is 1.57 bits per heavy atom. The molecule has 2 aromatic carbocycles. The van der Waals surface area contributed by atoms with Crippen LogP contribution in [0.25, 0.3) is 10.9 Å². The average Bonchev–Trinajstić information content (AvgIpc) is 2.84. The highest BCUT2D eigenvalue weighted by atomic mass is 35.5. The summed E-state index contributed by atoms with van der Waals surface area (Å²) in [5.41, 5.74) is 0.909. The zero-order valence-corrected chi connectivity index (χ0v) is 22.6. The van der Waals surface area contributed by atoms with Crippen LogP contribution in [0.4, 0.5) is 11.8 Å². The summed E-state index contributed by atoms with van der Waals surface area (Å²) in [6.45, 7) is 1.14. The van der Waals surface area contributed by atoms with Gasteiger partial charge in [0.15, 0.2) is 0 Å².